The van der Waals surface area contributed by atoms with Crippen molar-refractivity contribution in [1.82, 2.24) is 10.2 Å². The van der Waals surface area contributed by atoms with Gasteiger partial charge in [-0.25, -0.2) is 4.79 Å². The summed E-state index contributed by atoms with van der Waals surface area (Å²) in [6.45, 7) is 1.19. The molecule has 1 fully saturated rings. The van der Waals surface area contributed by atoms with Crippen molar-refractivity contribution in [2.75, 3.05) is 13.7 Å². The van der Waals surface area contributed by atoms with Gasteiger partial charge in [0, 0.05) is 10.3 Å². The number of rotatable bonds is 8. The fraction of sp³-hybridized carbons (Fsp3) is 0.381. The fourth-order valence-electron chi connectivity index (χ4n) is 3.54. The summed E-state index contributed by atoms with van der Waals surface area (Å²) < 4.78 is 10.0. The molecule has 33 heavy (non-hydrogen) atoms. The van der Waals surface area contributed by atoms with Crippen molar-refractivity contribution in [3.63, 3.8) is 0 Å². The number of benzene rings is 1. The zero-order valence-electron chi connectivity index (χ0n) is 17.6. The van der Waals surface area contributed by atoms with Crippen molar-refractivity contribution >= 4 is 47.1 Å². The van der Waals surface area contributed by atoms with E-state index < -0.39 is 46.3 Å². The zero-order valence-corrected chi connectivity index (χ0v) is 19.2. The lowest BCUT2D eigenvalue weighted by Crippen LogP contribution is -2.71. The van der Waals surface area contributed by atoms with Gasteiger partial charge in [0.1, 0.15) is 28.8 Å². The van der Waals surface area contributed by atoms with Crippen LogP contribution < -0.4 is 10.1 Å². The maximum Gasteiger partial charge on any atom is 0.352 e. The number of nitrogens with zero attached hydrogens (tertiary/aromatic N) is 2. The lowest BCUT2D eigenvalue weighted by molar-refractivity contribution is -0.151. The molecule has 2 heterocycles. The number of ether oxygens (including phenoxy) is 2. The largest absolute Gasteiger partial charge is 0.484 e. The summed E-state index contributed by atoms with van der Waals surface area (Å²) in [4.78, 5) is 49.8. The molecule has 2 aliphatic rings. The van der Waals surface area contributed by atoms with E-state index in [1.165, 1.54) is 11.8 Å². The Kier molecular flexibility index (Phi) is 7.50. The van der Waals surface area contributed by atoms with E-state index in [1.54, 1.807) is 31.2 Å². The Bertz CT molecular complexity index is 1050. The quantitative estimate of drug-likeness (QED) is 0.406. The van der Waals surface area contributed by atoms with Crippen molar-refractivity contribution in [1.29, 1.82) is 5.26 Å². The summed E-state index contributed by atoms with van der Waals surface area (Å²) in [7, 11) is 1.16. The second-order valence-corrected chi connectivity index (χ2v) is 9.05. The summed E-state index contributed by atoms with van der Waals surface area (Å²) in [6.07, 6.45) is 0.00925. The van der Waals surface area contributed by atoms with Gasteiger partial charge in [0.2, 0.25) is 0 Å². The van der Waals surface area contributed by atoms with Crippen LogP contribution in [-0.2, 0) is 23.9 Å². The first-order valence-electron chi connectivity index (χ1n) is 9.75. The van der Waals surface area contributed by atoms with Crippen LogP contribution in [0.3, 0.4) is 0 Å². The van der Waals surface area contributed by atoms with Crippen molar-refractivity contribution in [2.45, 2.75) is 30.0 Å². The Morgan fingerprint density at radius 2 is 2.00 bits per heavy atom. The smallest absolute Gasteiger partial charge is 0.352 e. The van der Waals surface area contributed by atoms with Crippen molar-refractivity contribution in [2.24, 2.45) is 5.92 Å². The number of halogens is 1. The molecule has 174 valence electrons. The van der Waals surface area contributed by atoms with Gasteiger partial charge in [-0.3, -0.25) is 19.3 Å². The number of nitrogens with one attached hydrogen (secondary N) is 1. The first kappa shape index (κ1) is 24.4. The van der Waals surface area contributed by atoms with Gasteiger partial charge in [-0.1, -0.05) is 11.6 Å². The summed E-state index contributed by atoms with van der Waals surface area (Å²) >= 11 is 7.01. The van der Waals surface area contributed by atoms with Crippen LogP contribution in [0, 0.1) is 17.2 Å². The lowest BCUT2D eigenvalue weighted by atomic mass is 9.96. The minimum atomic E-state index is -1.31. The van der Waals surface area contributed by atoms with Gasteiger partial charge >= 0.3 is 11.9 Å². The first-order chi connectivity index (χ1) is 15.7. The normalized spacial score (nSPS) is 22.4. The molecule has 1 aromatic carbocycles. The molecular weight excluding hydrogens is 474 g/mol. The molecule has 12 heteroatoms. The van der Waals surface area contributed by atoms with Crippen LogP contribution in [0.4, 0.5) is 0 Å². The number of β-lactam (4-membered cyclic amide) rings is 1. The predicted molar refractivity (Wildman–Crippen MR) is 117 cm³/mol. The van der Waals surface area contributed by atoms with Crippen LogP contribution in [0.1, 0.15) is 13.3 Å². The number of carbonyl (C=O) groups excluding carboxylic acids is 3. The molecule has 1 saturated heterocycles. The highest BCUT2D eigenvalue weighted by Crippen LogP contribution is 2.46. The molecule has 2 N–H and O–H groups in total. The van der Waals surface area contributed by atoms with Gasteiger partial charge in [0.05, 0.1) is 13.2 Å². The third-order valence-electron chi connectivity index (χ3n) is 5.24. The van der Waals surface area contributed by atoms with Crippen LogP contribution in [0.2, 0.25) is 5.02 Å². The molecule has 4 atom stereocenters. The number of methoxy groups -OCH3 is 1. The molecule has 2 amide bonds. The predicted octanol–water partition coefficient (Wildman–Crippen LogP) is 1.55. The molecule has 3 unspecified atom stereocenters. The van der Waals surface area contributed by atoms with Crippen LogP contribution in [0.5, 0.6) is 5.75 Å². The molecule has 0 aliphatic carbocycles. The number of hydrogen-bond donors (Lipinski definition) is 2. The minimum Gasteiger partial charge on any atom is -0.484 e. The van der Waals surface area contributed by atoms with Gasteiger partial charge in [-0.15, -0.1) is 11.8 Å². The minimum absolute atomic E-state index is 0.00925. The molecule has 3 rings (SSSR count). The molecule has 0 spiro atoms. The number of esters is 1. The van der Waals surface area contributed by atoms with Crippen LogP contribution in [-0.4, -0.2) is 64.1 Å². The number of hydrogen-bond acceptors (Lipinski definition) is 8. The molecular formula is C21H20ClN3O7S. The second-order valence-electron chi connectivity index (χ2n) is 7.29. The maximum atomic E-state index is 12.7. The van der Waals surface area contributed by atoms with Gasteiger partial charge in [0.15, 0.2) is 6.61 Å². The number of carbonyl (C=O) groups is 4. The monoisotopic (exact) mass is 493 g/mol. The Balaban J connectivity index is 1.71. The highest BCUT2D eigenvalue weighted by Gasteiger charge is 2.55. The summed E-state index contributed by atoms with van der Waals surface area (Å²) in [6, 6.07) is 7.28. The number of thioether (sulfide) groups is 1. The number of carboxylic acids is 1. The Morgan fingerprint density at radius 3 is 2.58 bits per heavy atom. The van der Waals surface area contributed by atoms with E-state index in [-0.39, 0.29) is 18.7 Å². The summed E-state index contributed by atoms with van der Waals surface area (Å²) in [5, 5.41) is 20.8. The summed E-state index contributed by atoms with van der Waals surface area (Å²) in [5.41, 5.74) is 0.148. The molecule has 2 aliphatic heterocycles. The average Bonchev–Trinajstić information content (AvgIpc) is 2.80. The topological polar surface area (TPSA) is 146 Å². The number of fused-ring (bicyclic) bond motifs is 1. The SMILES string of the molecule is COC(=O)C(C#N)CC1S[C@H]2C(NC(=O)COc3ccc(Cl)cc3)C(=O)N2C(C(=O)O)=C1C. The van der Waals surface area contributed by atoms with Gasteiger partial charge < -0.3 is 19.9 Å². The standard InChI is InChI=1S/C21H20ClN3O7S/c1-10-14(7-11(8-23)21(30)31-2)33-19-16(18(27)25(19)17(10)20(28)29)24-15(26)9-32-13-5-3-12(22)4-6-13/h3-6,11,14,16,19H,7,9H2,1-2H3,(H,24,26)(H,28,29)/t11?,14?,16?,19-/m0/s1. The molecule has 0 saturated carbocycles. The van der Waals surface area contributed by atoms with Gasteiger partial charge in [0.25, 0.3) is 11.8 Å². The second kappa shape index (κ2) is 10.1. The summed E-state index contributed by atoms with van der Waals surface area (Å²) in [5.74, 6) is -3.83. The lowest BCUT2D eigenvalue weighted by Gasteiger charge is -2.51. The molecule has 10 nitrogen and oxygen atoms in total. The highest BCUT2D eigenvalue weighted by atomic mass is 35.5. The van der Waals surface area contributed by atoms with E-state index in [0.717, 1.165) is 12.0 Å². The number of aliphatic carboxylic acids is 1. The van der Waals surface area contributed by atoms with Crippen LogP contribution in [0.25, 0.3) is 0 Å². The molecule has 0 radical (unpaired) electrons. The Labute approximate surface area is 198 Å². The Hall–Kier alpha value is -3.23. The van der Waals surface area contributed by atoms with E-state index in [4.69, 9.17) is 16.3 Å². The van der Waals surface area contributed by atoms with Gasteiger partial charge in [-0.2, -0.15) is 5.26 Å². The van der Waals surface area contributed by atoms with Gasteiger partial charge in [-0.05, 0) is 43.2 Å². The fourth-order valence-corrected chi connectivity index (χ4v) is 5.30. The van der Waals surface area contributed by atoms with E-state index in [1.807, 2.05) is 6.07 Å². The van der Waals surface area contributed by atoms with E-state index >= 15 is 0 Å². The average molecular weight is 494 g/mol. The van der Waals surface area contributed by atoms with Crippen molar-refractivity contribution in [3.8, 4) is 11.8 Å². The molecule has 0 bridgehead atoms. The van der Waals surface area contributed by atoms with Crippen molar-refractivity contribution in [3.05, 3.63) is 40.6 Å². The first-order valence-corrected chi connectivity index (χ1v) is 11.1. The number of carboxylic acid groups (broad SMARTS) is 1. The third kappa shape index (κ3) is 5.07. The van der Waals surface area contributed by atoms with Crippen LogP contribution in [0.15, 0.2) is 35.5 Å². The van der Waals surface area contributed by atoms with Crippen molar-refractivity contribution < 1.29 is 33.8 Å². The van der Waals surface area contributed by atoms with E-state index in [9.17, 15) is 29.5 Å². The maximum absolute atomic E-state index is 12.7. The molecule has 0 aromatic heterocycles. The molecule has 1 aromatic rings. The van der Waals surface area contributed by atoms with E-state index in [0.29, 0.717) is 16.3 Å². The van der Waals surface area contributed by atoms with Crippen LogP contribution >= 0.6 is 23.4 Å². The highest BCUT2D eigenvalue weighted by molar-refractivity contribution is 8.00. The number of nitriles is 1. The number of amides is 2. The Morgan fingerprint density at radius 1 is 1.33 bits per heavy atom. The zero-order chi connectivity index (χ0) is 24.3. The third-order valence-corrected chi connectivity index (χ3v) is 7.13. The van der Waals surface area contributed by atoms with E-state index in [2.05, 4.69) is 10.1 Å².